The molecule has 0 spiro atoms. The number of halogens is 2. The summed E-state index contributed by atoms with van der Waals surface area (Å²) in [5, 5.41) is 16.4. The molecule has 0 bridgehead atoms. The number of amides is 1. The zero-order valence-corrected chi connectivity index (χ0v) is 10.7. The van der Waals surface area contributed by atoms with Crippen LogP contribution in [0.15, 0.2) is 30.5 Å². The number of carbonyl (C=O) groups excluding carboxylic acids is 1. The fraction of sp³-hybridized carbons (Fsp3) is 0.0909. The Morgan fingerprint density at radius 2 is 2.25 bits per heavy atom. The molecule has 1 aromatic carbocycles. The molecular formula is C11H8ClFN4O3. The number of carbonyl (C=O) groups is 1. The first-order chi connectivity index (χ1) is 9.45. The first-order valence-electron chi connectivity index (χ1n) is 5.38. The van der Waals surface area contributed by atoms with Gasteiger partial charge >= 0.3 is 5.82 Å². The van der Waals surface area contributed by atoms with Crippen LogP contribution in [-0.2, 0) is 11.3 Å². The van der Waals surface area contributed by atoms with Crippen molar-refractivity contribution in [3.05, 3.63) is 51.4 Å². The number of rotatable bonds is 4. The lowest BCUT2D eigenvalue weighted by atomic mass is 10.3. The van der Waals surface area contributed by atoms with Crippen LogP contribution in [0.2, 0.25) is 5.02 Å². The van der Waals surface area contributed by atoms with E-state index in [4.69, 9.17) is 11.6 Å². The zero-order chi connectivity index (χ0) is 14.7. The molecule has 2 rings (SSSR count). The third kappa shape index (κ3) is 3.29. The average molecular weight is 299 g/mol. The van der Waals surface area contributed by atoms with Crippen LogP contribution in [0.3, 0.4) is 0 Å². The largest absolute Gasteiger partial charge is 0.389 e. The molecule has 0 fully saturated rings. The van der Waals surface area contributed by atoms with E-state index in [1.54, 1.807) is 0 Å². The van der Waals surface area contributed by atoms with Crippen LogP contribution in [0.25, 0.3) is 0 Å². The molecule has 1 N–H and O–H groups in total. The molecule has 0 radical (unpaired) electrons. The molecule has 0 atom stereocenters. The molecule has 1 amide bonds. The number of aromatic nitrogens is 2. The summed E-state index contributed by atoms with van der Waals surface area (Å²) in [6, 6.07) is 4.92. The predicted molar refractivity (Wildman–Crippen MR) is 68.9 cm³/mol. The fourth-order valence-electron chi connectivity index (χ4n) is 1.46. The van der Waals surface area contributed by atoms with Crippen LogP contribution in [0, 0.1) is 15.9 Å². The standard InChI is InChI=1S/C11H8ClFN4O3/c12-8-5-7(1-2-9(8)13)14-11(18)6-16-4-3-10(15-16)17(19)20/h1-5H,6H2,(H,14,18). The lowest BCUT2D eigenvalue weighted by Crippen LogP contribution is -2.19. The van der Waals surface area contributed by atoms with Gasteiger partial charge in [-0.3, -0.25) is 4.79 Å². The normalized spacial score (nSPS) is 10.3. The van der Waals surface area contributed by atoms with Gasteiger partial charge in [0, 0.05) is 5.69 Å². The number of anilines is 1. The summed E-state index contributed by atoms with van der Waals surface area (Å²) in [4.78, 5) is 21.5. The molecule has 0 unspecified atom stereocenters. The maximum atomic E-state index is 12.9. The maximum absolute atomic E-state index is 12.9. The van der Waals surface area contributed by atoms with Gasteiger partial charge in [0.05, 0.1) is 22.4 Å². The highest BCUT2D eigenvalue weighted by atomic mass is 35.5. The Balaban J connectivity index is 2.01. The van der Waals surface area contributed by atoms with E-state index in [1.165, 1.54) is 24.4 Å². The van der Waals surface area contributed by atoms with Gasteiger partial charge in [0.15, 0.2) is 0 Å². The maximum Gasteiger partial charge on any atom is 0.389 e. The van der Waals surface area contributed by atoms with Crippen molar-refractivity contribution < 1.29 is 14.1 Å². The average Bonchev–Trinajstić information content (AvgIpc) is 2.82. The SMILES string of the molecule is O=C(Cn1ccc([N+](=O)[O-])n1)Nc1ccc(F)c(Cl)c1. The Morgan fingerprint density at radius 3 is 2.85 bits per heavy atom. The van der Waals surface area contributed by atoms with Gasteiger partial charge in [0.25, 0.3) is 0 Å². The van der Waals surface area contributed by atoms with Crippen molar-refractivity contribution in [1.82, 2.24) is 9.78 Å². The number of benzene rings is 1. The molecule has 0 saturated carbocycles. The van der Waals surface area contributed by atoms with Crippen molar-refractivity contribution in [2.75, 3.05) is 5.32 Å². The van der Waals surface area contributed by atoms with E-state index in [-0.39, 0.29) is 17.4 Å². The highest BCUT2D eigenvalue weighted by Crippen LogP contribution is 2.19. The van der Waals surface area contributed by atoms with Crippen molar-refractivity contribution in [3.63, 3.8) is 0 Å². The number of hydrogen-bond acceptors (Lipinski definition) is 4. The molecule has 9 heteroatoms. The molecule has 20 heavy (non-hydrogen) atoms. The molecule has 1 aromatic heterocycles. The first-order valence-corrected chi connectivity index (χ1v) is 5.76. The number of nitrogens with zero attached hydrogens (tertiary/aromatic N) is 3. The molecule has 7 nitrogen and oxygen atoms in total. The minimum absolute atomic E-state index is 0.113. The van der Waals surface area contributed by atoms with Crippen LogP contribution >= 0.6 is 11.6 Å². The summed E-state index contributed by atoms with van der Waals surface area (Å²) < 4.78 is 14.1. The monoisotopic (exact) mass is 298 g/mol. The first kappa shape index (κ1) is 13.9. The molecule has 1 heterocycles. The quantitative estimate of drug-likeness (QED) is 0.692. The van der Waals surface area contributed by atoms with Gasteiger partial charge in [-0.25, -0.2) is 4.39 Å². The molecule has 0 aliphatic heterocycles. The third-order valence-corrected chi connectivity index (χ3v) is 2.61. The molecule has 104 valence electrons. The second kappa shape index (κ2) is 5.66. The van der Waals surface area contributed by atoms with Crippen LogP contribution < -0.4 is 5.32 Å². The Bertz CT molecular complexity index is 673. The topological polar surface area (TPSA) is 90.1 Å². The van der Waals surface area contributed by atoms with E-state index in [1.807, 2.05) is 0 Å². The Morgan fingerprint density at radius 1 is 1.50 bits per heavy atom. The summed E-state index contributed by atoms with van der Waals surface area (Å²) in [6.07, 6.45) is 1.31. The van der Waals surface area contributed by atoms with E-state index < -0.39 is 16.6 Å². The lowest BCUT2D eigenvalue weighted by molar-refractivity contribution is -0.389. The van der Waals surface area contributed by atoms with Gasteiger partial charge in [-0.2, -0.15) is 4.68 Å². The molecule has 0 aliphatic carbocycles. The van der Waals surface area contributed by atoms with E-state index in [0.29, 0.717) is 5.69 Å². The Labute approximate surface area is 117 Å². The summed E-state index contributed by atoms with van der Waals surface area (Å²) in [7, 11) is 0. The van der Waals surface area contributed by atoms with Crippen molar-refractivity contribution in [2.24, 2.45) is 0 Å². The van der Waals surface area contributed by atoms with Crippen LogP contribution in [0.1, 0.15) is 0 Å². The van der Waals surface area contributed by atoms with Crippen LogP contribution in [-0.4, -0.2) is 20.6 Å². The zero-order valence-electron chi connectivity index (χ0n) is 9.92. The number of nitro groups is 1. The third-order valence-electron chi connectivity index (χ3n) is 2.32. The Kier molecular flexibility index (Phi) is 3.94. The summed E-state index contributed by atoms with van der Waals surface area (Å²) in [5.74, 6) is -1.40. The second-order valence-electron chi connectivity index (χ2n) is 3.81. The minimum atomic E-state index is -0.659. The van der Waals surface area contributed by atoms with E-state index in [0.717, 1.165) is 10.7 Å². The van der Waals surface area contributed by atoms with Crippen molar-refractivity contribution in [2.45, 2.75) is 6.54 Å². The van der Waals surface area contributed by atoms with Gasteiger partial charge < -0.3 is 15.4 Å². The van der Waals surface area contributed by atoms with Gasteiger partial charge in [-0.05, 0) is 23.1 Å². The van der Waals surface area contributed by atoms with Gasteiger partial charge in [0.2, 0.25) is 5.91 Å². The van der Waals surface area contributed by atoms with Gasteiger partial charge in [-0.1, -0.05) is 11.6 Å². The van der Waals surface area contributed by atoms with Crippen LogP contribution in [0.4, 0.5) is 15.9 Å². The second-order valence-corrected chi connectivity index (χ2v) is 4.21. The fourth-order valence-corrected chi connectivity index (χ4v) is 1.64. The highest BCUT2D eigenvalue weighted by molar-refractivity contribution is 6.31. The molecular weight excluding hydrogens is 291 g/mol. The van der Waals surface area contributed by atoms with Crippen molar-refractivity contribution >= 4 is 29.0 Å². The van der Waals surface area contributed by atoms with E-state index in [9.17, 15) is 19.3 Å². The van der Waals surface area contributed by atoms with E-state index in [2.05, 4.69) is 10.4 Å². The van der Waals surface area contributed by atoms with Crippen LogP contribution in [0.5, 0.6) is 0 Å². The highest BCUT2D eigenvalue weighted by Gasteiger charge is 2.13. The lowest BCUT2D eigenvalue weighted by Gasteiger charge is -2.04. The predicted octanol–water partition coefficient (Wildman–Crippen LogP) is 2.22. The van der Waals surface area contributed by atoms with Crippen molar-refractivity contribution in [3.8, 4) is 0 Å². The number of nitrogens with one attached hydrogen (secondary N) is 1. The molecule has 0 aliphatic rings. The summed E-state index contributed by atoms with van der Waals surface area (Å²) in [6.45, 7) is -0.206. The van der Waals surface area contributed by atoms with Gasteiger partial charge in [0.1, 0.15) is 12.4 Å². The summed E-state index contributed by atoms with van der Waals surface area (Å²) >= 11 is 5.58. The van der Waals surface area contributed by atoms with E-state index >= 15 is 0 Å². The van der Waals surface area contributed by atoms with Crippen molar-refractivity contribution in [1.29, 1.82) is 0 Å². The van der Waals surface area contributed by atoms with Gasteiger partial charge in [-0.15, -0.1) is 0 Å². The molecule has 2 aromatic rings. The number of hydrogen-bond donors (Lipinski definition) is 1. The smallest absolute Gasteiger partial charge is 0.358 e. The molecule has 0 saturated heterocycles. The minimum Gasteiger partial charge on any atom is -0.358 e. The Hall–Kier alpha value is -2.48. The summed E-state index contributed by atoms with van der Waals surface area (Å²) in [5.41, 5.74) is 0.322.